The van der Waals surface area contributed by atoms with Gasteiger partial charge in [0.05, 0.1) is 12.6 Å². The molecular formula is C15H20N2O2. The molecule has 3 fully saturated rings. The lowest BCUT2D eigenvalue weighted by Gasteiger charge is -2.20. The lowest BCUT2D eigenvalue weighted by Crippen LogP contribution is -2.27. The van der Waals surface area contributed by atoms with Gasteiger partial charge in [-0.1, -0.05) is 12.1 Å². The monoisotopic (exact) mass is 260 g/mol. The number of rotatable bonds is 2. The third-order valence-corrected chi connectivity index (χ3v) is 4.48. The lowest BCUT2D eigenvalue weighted by molar-refractivity contribution is 0.0370. The summed E-state index contributed by atoms with van der Waals surface area (Å²) >= 11 is 0. The van der Waals surface area contributed by atoms with Crippen molar-refractivity contribution in [2.45, 2.75) is 25.0 Å². The summed E-state index contributed by atoms with van der Waals surface area (Å²) in [7, 11) is 0. The summed E-state index contributed by atoms with van der Waals surface area (Å²) in [4.78, 5) is 4.73. The molecule has 0 aromatic heterocycles. The quantitative estimate of drug-likeness (QED) is 0.811. The Kier molecular flexibility index (Phi) is 2.94. The minimum Gasteiger partial charge on any atom is -0.372 e. The van der Waals surface area contributed by atoms with Crippen molar-refractivity contribution in [3.63, 3.8) is 0 Å². The van der Waals surface area contributed by atoms with Gasteiger partial charge in [0.1, 0.15) is 19.6 Å². The van der Waals surface area contributed by atoms with E-state index in [4.69, 9.17) is 9.47 Å². The fraction of sp³-hybridized carbons (Fsp3) is 0.600. The molecule has 3 aliphatic heterocycles. The van der Waals surface area contributed by atoms with Crippen LogP contribution in [0.15, 0.2) is 24.3 Å². The Morgan fingerprint density at radius 3 is 2.58 bits per heavy atom. The van der Waals surface area contributed by atoms with Crippen molar-refractivity contribution in [1.29, 1.82) is 0 Å². The standard InChI is InChI=1S/C15H20N2O2/c1-2-8-16(7-1)13-5-3-12(4-6-13)15-14-9-18-10-17(14)11-19-15/h3-6,14-15H,1-2,7-11H2. The van der Waals surface area contributed by atoms with Crippen LogP contribution in [0.1, 0.15) is 24.5 Å². The van der Waals surface area contributed by atoms with Gasteiger partial charge in [0, 0.05) is 18.8 Å². The first-order chi connectivity index (χ1) is 9.42. The number of anilines is 1. The van der Waals surface area contributed by atoms with E-state index in [9.17, 15) is 0 Å². The summed E-state index contributed by atoms with van der Waals surface area (Å²) in [5, 5.41) is 0. The van der Waals surface area contributed by atoms with Gasteiger partial charge in [-0.2, -0.15) is 0 Å². The Morgan fingerprint density at radius 2 is 1.79 bits per heavy atom. The van der Waals surface area contributed by atoms with Gasteiger partial charge in [-0.05, 0) is 30.5 Å². The molecule has 4 heteroatoms. The molecule has 4 nitrogen and oxygen atoms in total. The van der Waals surface area contributed by atoms with E-state index in [-0.39, 0.29) is 6.10 Å². The molecule has 2 unspecified atom stereocenters. The zero-order chi connectivity index (χ0) is 12.7. The molecule has 0 spiro atoms. The van der Waals surface area contributed by atoms with E-state index in [1.54, 1.807) is 0 Å². The van der Waals surface area contributed by atoms with Gasteiger partial charge in [-0.25, -0.2) is 4.90 Å². The first-order valence-electron chi connectivity index (χ1n) is 7.20. The van der Waals surface area contributed by atoms with E-state index in [1.165, 1.54) is 37.2 Å². The van der Waals surface area contributed by atoms with Crippen LogP contribution < -0.4 is 4.90 Å². The molecule has 3 heterocycles. The maximum Gasteiger partial charge on any atom is 0.102 e. The van der Waals surface area contributed by atoms with E-state index in [0.29, 0.717) is 19.5 Å². The summed E-state index contributed by atoms with van der Waals surface area (Å²) in [5.41, 5.74) is 2.62. The van der Waals surface area contributed by atoms with Gasteiger partial charge in [-0.15, -0.1) is 0 Å². The van der Waals surface area contributed by atoms with Gasteiger partial charge >= 0.3 is 0 Å². The Bertz CT molecular complexity index is 442. The van der Waals surface area contributed by atoms with Gasteiger partial charge in [0.15, 0.2) is 0 Å². The average Bonchev–Trinajstić information content (AvgIpc) is 3.16. The Hall–Kier alpha value is -1.10. The van der Waals surface area contributed by atoms with Crippen molar-refractivity contribution in [2.24, 2.45) is 0 Å². The predicted octanol–water partition coefficient (Wildman–Crippen LogP) is 1.97. The summed E-state index contributed by atoms with van der Waals surface area (Å²) in [6, 6.07) is 9.32. The van der Waals surface area contributed by atoms with Gasteiger partial charge in [-0.3, -0.25) is 0 Å². The molecule has 2 atom stereocenters. The van der Waals surface area contributed by atoms with E-state index < -0.39 is 0 Å². The van der Waals surface area contributed by atoms with Crippen molar-refractivity contribution < 1.29 is 9.47 Å². The fourth-order valence-electron chi connectivity index (χ4n) is 3.36. The molecule has 0 aliphatic carbocycles. The average molecular weight is 260 g/mol. The smallest absolute Gasteiger partial charge is 0.102 e. The van der Waals surface area contributed by atoms with Crippen LogP contribution in [0.5, 0.6) is 0 Å². The molecular weight excluding hydrogens is 240 g/mol. The van der Waals surface area contributed by atoms with Crippen molar-refractivity contribution in [1.82, 2.24) is 4.90 Å². The molecule has 0 saturated carbocycles. The number of benzene rings is 1. The molecule has 3 saturated heterocycles. The number of ether oxygens (including phenoxy) is 2. The zero-order valence-electron chi connectivity index (χ0n) is 11.1. The summed E-state index contributed by atoms with van der Waals surface area (Å²) in [5.74, 6) is 0. The van der Waals surface area contributed by atoms with Gasteiger partial charge in [0.2, 0.25) is 0 Å². The van der Waals surface area contributed by atoms with Crippen LogP contribution in [0.3, 0.4) is 0 Å². The van der Waals surface area contributed by atoms with Crippen LogP contribution in [-0.2, 0) is 9.47 Å². The number of hydrogen-bond acceptors (Lipinski definition) is 4. The highest BCUT2D eigenvalue weighted by molar-refractivity contribution is 5.48. The normalized spacial score (nSPS) is 31.1. The Balaban J connectivity index is 1.52. The lowest BCUT2D eigenvalue weighted by atomic mass is 10.0. The number of nitrogens with zero attached hydrogens (tertiary/aromatic N) is 2. The SMILES string of the molecule is c1cc(N2CCCC2)ccc1C1OCN2COCC12. The minimum absolute atomic E-state index is 0.176. The second kappa shape index (κ2) is 4.78. The molecule has 0 amide bonds. The molecule has 3 aliphatic rings. The molecule has 0 N–H and O–H groups in total. The van der Waals surface area contributed by atoms with Crippen LogP contribution in [0.4, 0.5) is 5.69 Å². The van der Waals surface area contributed by atoms with Crippen molar-refractivity contribution >= 4 is 5.69 Å². The molecule has 1 aromatic rings. The van der Waals surface area contributed by atoms with E-state index in [1.807, 2.05) is 0 Å². The molecule has 19 heavy (non-hydrogen) atoms. The van der Waals surface area contributed by atoms with Crippen LogP contribution in [0.25, 0.3) is 0 Å². The maximum atomic E-state index is 5.90. The Morgan fingerprint density at radius 1 is 1.00 bits per heavy atom. The second-order valence-electron chi connectivity index (χ2n) is 5.66. The largest absolute Gasteiger partial charge is 0.372 e. The second-order valence-corrected chi connectivity index (χ2v) is 5.66. The zero-order valence-corrected chi connectivity index (χ0v) is 11.1. The first kappa shape index (κ1) is 11.7. The number of fused-ring (bicyclic) bond motifs is 1. The van der Waals surface area contributed by atoms with Crippen LogP contribution in [0, 0.1) is 0 Å². The molecule has 0 radical (unpaired) electrons. The molecule has 4 rings (SSSR count). The summed E-state index contributed by atoms with van der Waals surface area (Å²) < 4.78 is 11.4. The predicted molar refractivity (Wildman–Crippen MR) is 73.0 cm³/mol. The van der Waals surface area contributed by atoms with Crippen LogP contribution in [0.2, 0.25) is 0 Å². The van der Waals surface area contributed by atoms with Gasteiger partial charge < -0.3 is 14.4 Å². The molecule has 0 bridgehead atoms. The van der Waals surface area contributed by atoms with Crippen LogP contribution in [-0.4, -0.2) is 44.1 Å². The highest BCUT2D eigenvalue weighted by Gasteiger charge is 2.39. The van der Waals surface area contributed by atoms with E-state index in [0.717, 1.165) is 6.61 Å². The molecule has 1 aromatic carbocycles. The van der Waals surface area contributed by atoms with Crippen molar-refractivity contribution in [3.8, 4) is 0 Å². The topological polar surface area (TPSA) is 24.9 Å². The third-order valence-electron chi connectivity index (χ3n) is 4.48. The molecule has 102 valence electrons. The highest BCUT2D eigenvalue weighted by atomic mass is 16.6. The maximum absolute atomic E-state index is 5.90. The minimum atomic E-state index is 0.176. The van der Waals surface area contributed by atoms with E-state index >= 15 is 0 Å². The summed E-state index contributed by atoms with van der Waals surface area (Å²) in [6.07, 6.45) is 2.82. The fourth-order valence-corrected chi connectivity index (χ4v) is 3.36. The van der Waals surface area contributed by atoms with Gasteiger partial charge in [0.25, 0.3) is 0 Å². The van der Waals surface area contributed by atoms with E-state index in [2.05, 4.69) is 34.1 Å². The van der Waals surface area contributed by atoms with Crippen LogP contribution >= 0.6 is 0 Å². The first-order valence-corrected chi connectivity index (χ1v) is 7.20. The van der Waals surface area contributed by atoms with Crippen molar-refractivity contribution in [2.75, 3.05) is 38.1 Å². The number of hydrogen-bond donors (Lipinski definition) is 0. The third kappa shape index (κ3) is 2.04. The Labute approximate surface area is 113 Å². The van der Waals surface area contributed by atoms with Crippen molar-refractivity contribution in [3.05, 3.63) is 29.8 Å². The highest BCUT2D eigenvalue weighted by Crippen LogP contribution is 2.34. The summed E-state index contributed by atoms with van der Waals surface area (Å²) in [6.45, 7) is 4.60.